The van der Waals surface area contributed by atoms with Crippen LogP contribution in [0.5, 0.6) is 0 Å². The summed E-state index contributed by atoms with van der Waals surface area (Å²) in [4.78, 5) is 16.8. The fourth-order valence-electron chi connectivity index (χ4n) is 1.17. The molecule has 1 aromatic rings. The predicted molar refractivity (Wildman–Crippen MR) is 67.0 cm³/mol. The van der Waals surface area contributed by atoms with Crippen LogP contribution >= 0.6 is 15.9 Å². The summed E-state index contributed by atoms with van der Waals surface area (Å²) < 4.78 is 0.752. The number of aliphatic imine (C=N–C) groups is 1. The van der Waals surface area contributed by atoms with Gasteiger partial charge in [0.1, 0.15) is 0 Å². The van der Waals surface area contributed by atoms with E-state index in [2.05, 4.69) is 20.9 Å². The molecule has 0 fully saturated rings. The smallest absolute Gasteiger partial charge is 0.335 e. The molecule has 1 rings (SSSR count). The molecule has 5 heteroatoms. The van der Waals surface area contributed by atoms with E-state index in [4.69, 9.17) is 5.11 Å². The molecule has 0 aromatic heterocycles. The van der Waals surface area contributed by atoms with E-state index in [1.54, 1.807) is 18.5 Å². The fourth-order valence-corrected chi connectivity index (χ4v) is 1.72. The maximum atomic E-state index is 10.8. The van der Waals surface area contributed by atoms with Crippen molar-refractivity contribution in [1.82, 2.24) is 4.90 Å². The number of hydrogen-bond acceptors (Lipinski definition) is 2. The number of carboxylic acid groups (broad SMARTS) is 1. The summed E-state index contributed by atoms with van der Waals surface area (Å²) >= 11 is 3.28. The van der Waals surface area contributed by atoms with Crippen molar-refractivity contribution < 1.29 is 9.90 Å². The second-order valence-corrected chi connectivity index (χ2v) is 4.49. The number of carbonyl (C=O) groups is 1. The molecule has 0 unspecified atom stereocenters. The maximum absolute atomic E-state index is 10.8. The normalized spacial score (nSPS) is 10.7. The molecule has 1 aromatic carbocycles. The lowest BCUT2D eigenvalue weighted by molar-refractivity contribution is 0.0696. The zero-order valence-electron chi connectivity index (χ0n) is 9.14. The van der Waals surface area contributed by atoms with Gasteiger partial charge in [-0.25, -0.2) is 4.79 Å². The highest BCUT2D eigenvalue weighted by Crippen LogP contribution is 2.16. The molecule has 0 atom stereocenters. The quantitative estimate of drug-likeness (QED) is 0.682. The Hall–Kier alpha value is -1.36. The van der Waals surface area contributed by atoms with Crippen LogP contribution in [-0.4, -0.2) is 36.4 Å². The molecule has 0 heterocycles. The molecule has 86 valence electrons. The highest BCUT2D eigenvalue weighted by molar-refractivity contribution is 9.10. The highest BCUT2D eigenvalue weighted by Gasteiger charge is 2.05. The Morgan fingerprint density at radius 2 is 2.19 bits per heavy atom. The first kappa shape index (κ1) is 12.7. The average Bonchev–Trinajstić information content (AvgIpc) is 2.16. The van der Waals surface area contributed by atoms with E-state index in [1.807, 2.05) is 25.1 Å². The van der Waals surface area contributed by atoms with Crippen molar-refractivity contribution >= 4 is 28.2 Å². The number of hydrogen-bond donors (Lipinski definition) is 1. The monoisotopic (exact) mass is 284 g/mol. The molecule has 0 aliphatic rings. The zero-order chi connectivity index (χ0) is 12.1. The van der Waals surface area contributed by atoms with E-state index >= 15 is 0 Å². The van der Waals surface area contributed by atoms with Gasteiger partial charge in [-0.1, -0.05) is 15.9 Å². The molecule has 1 N–H and O–H groups in total. The topological polar surface area (TPSA) is 52.9 Å². The van der Waals surface area contributed by atoms with Crippen LogP contribution in [0.2, 0.25) is 0 Å². The van der Waals surface area contributed by atoms with Crippen LogP contribution in [0.3, 0.4) is 0 Å². The minimum absolute atomic E-state index is 0.268. The maximum Gasteiger partial charge on any atom is 0.335 e. The van der Waals surface area contributed by atoms with E-state index in [0.29, 0.717) is 6.54 Å². The van der Waals surface area contributed by atoms with Crippen molar-refractivity contribution in [1.29, 1.82) is 0 Å². The summed E-state index contributed by atoms with van der Waals surface area (Å²) in [6.07, 6.45) is 1.70. The summed E-state index contributed by atoms with van der Waals surface area (Å²) in [5.41, 5.74) is 1.13. The molecule has 0 saturated carbocycles. The number of benzene rings is 1. The zero-order valence-corrected chi connectivity index (χ0v) is 10.7. The van der Waals surface area contributed by atoms with Crippen LogP contribution in [0.25, 0.3) is 0 Å². The summed E-state index contributed by atoms with van der Waals surface area (Å²) in [5.74, 6) is -0.931. The van der Waals surface area contributed by atoms with Gasteiger partial charge in [-0.3, -0.25) is 4.99 Å². The van der Waals surface area contributed by atoms with E-state index in [-0.39, 0.29) is 5.56 Å². The molecule has 0 bridgehead atoms. The van der Waals surface area contributed by atoms with Crippen LogP contribution in [0, 0.1) is 0 Å². The SMILES string of the molecule is CN(C)C=NCc1cc(Br)cc(C(=O)O)c1. The van der Waals surface area contributed by atoms with Crippen LogP contribution in [0.15, 0.2) is 27.7 Å². The summed E-state index contributed by atoms with van der Waals surface area (Å²) in [5, 5.41) is 8.88. The lowest BCUT2D eigenvalue weighted by Gasteiger charge is -2.04. The number of halogens is 1. The first-order valence-corrected chi connectivity index (χ1v) is 5.47. The molecule has 0 saturated heterocycles. The van der Waals surface area contributed by atoms with E-state index in [9.17, 15) is 4.79 Å². The molecular weight excluding hydrogens is 272 g/mol. The molecule has 0 aliphatic carbocycles. The largest absolute Gasteiger partial charge is 0.478 e. The van der Waals surface area contributed by atoms with Gasteiger partial charge in [0.15, 0.2) is 0 Å². The lowest BCUT2D eigenvalue weighted by Crippen LogP contribution is -2.07. The standard InChI is InChI=1S/C11H13BrN2O2/c1-14(2)7-13-6-8-3-9(11(15)16)5-10(12)4-8/h3-5,7H,6H2,1-2H3,(H,15,16). The highest BCUT2D eigenvalue weighted by atomic mass is 79.9. The van der Waals surface area contributed by atoms with Crippen molar-refractivity contribution in [2.24, 2.45) is 4.99 Å². The minimum atomic E-state index is -0.931. The Kier molecular flexibility index (Phi) is 4.49. The Morgan fingerprint density at radius 3 is 2.75 bits per heavy atom. The van der Waals surface area contributed by atoms with Gasteiger partial charge in [-0.05, 0) is 23.8 Å². The van der Waals surface area contributed by atoms with Gasteiger partial charge in [0, 0.05) is 18.6 Å². The lowest BCUT2D eigenvalue weighted by atomic mass is 10.1. The van der Waals surface area contributed by atoms with E-state index in [1.165, 1.54) is 0 Å². The van der Waals surface area contributed by atoms with Gasteiger partial charge in [0.05, 0.1) is 18.4 Å². The average molecular weight is 285 g/mol. The van der Waals surface area contributed by atoms with Crippen LogP contribution < -0.4 is 0 Å². The Bertz CT molecular complexity index is 416. The Morgan fingerprint density at radius 1 is 1.50 bits per heavy atom. The summed E-state index contributed by atoms with van der Waals surface area (Å²) in [7, 11) is 3.76. The van der Waals surface area contributed by atoms with Crippen LogP contribution in [0.1, 0.15) is 15.9 Å². The van der Waals surface area contributed by atoms with Crippen LogP contribution in [-0.2, 0) is 6.54 Å². The Balaban J connectivity index is 2.84. The second kappa shape index (κ2) is 5.65. The minimum Gasteiger partial charge on any atom is -0.478 e. The molecule has 0 spiro atoms. The summed E-state index contributed by atoms with van der Waals surface area (Å²) in [6, 6.07) is 5.06. The summed E-state index contributed by atoms with van der Waals surface area (Å²) in [6.45, 7) is 0.470. The first-order valence-electron chi connectivity index (χ1n) is 4.68. The number of aromatic carboxylic acids is 1. The van der Waals surface area contributed by atoms with Gasteiger partial charge in [0.2, 0.25) is 0 Å². The van der Waals surface area contributed by atoms with Crippen molar-refractivity contribution in [3.63, 3.8) is 0 Å². The van der Waals surface area contributed by atoms with Crippen LogP contribution in [0.4, 0.5) is 0 Å². The van der Waals surface area contributed by atoms with Gasteiger partial charge < -0.3 is 10.0 Å². The van der Waals surface area contributed by atoms with Gasteiger partial charge in [-0.15, -0.1) is 0 Å². The third-order valence-corrected chi connectivity index (χ3v) is 2.25. The molecule has 4 nitrogen and oxygen atoms in total. The molecular formula is C11H13BrN2O2. The van der Waals surface area contributed by atoms with Crippen molar-refractivity contribution in [2.45, 2.75) is 6.54 Å². The van der Waals surface area contributed by atoms with Gasteiger partial charge >= 0.3 is 5.97 Å². The Labute approximate surface area is 103 Å². The van der Waals surface area contributed by atoms with Crippen molar-refractivity contribution in [3.05, 3.63) is 33.8 Å². The predicted octanol–water partition coefficient (Wildman–Crippen LogP) is 2.24. The number of rotatable bonds is 4. The number of carboxylic acids is 1. The van der Waals surface area contributed by atoms with Gasteiger partial charge in [0.25, 0.3) is 0 Å². The third-order valence-electron chi connectivity index (χ3n) is 1.79. The number of nitrogens with zero attached hydrogens (tertiary/aromatic N) is 2. The van der Waals surface area contributed by atoms with Crippen molar-refractivity contribution in [2.75, 3.05) is 14.1 Å². The van der Waals surface area contributed by atoms with Crippen molar-refractivity contribution in [3.8, 4) is 0 Å². The molecule has 0 aliphatic heterocycles. The molecule has 0 radical (unpaired) electrons. The second-order valence-electron chi connectivity index (χ2n) is 3.57. The first-order chi connectivity index (χ1) is 7.49. The molecule has 16 heavy (non-hydrogen) atoms. The van der Waals surface area contributed by atoms with E-state index in [0.717, 1.165) is 10.0 Å². The van der Waals surface area contributed by atoms with E-state index < -0.39 is 5.97 Å². The molecule has 0 amide bonds. The fraction of sp³-hybridized carbons (Fsp3) is 0.273. The third kappa shape index (κ3) is 4.02. The van der Waals surface area contributed by atoms with Gasteiger partial charge in [-0.2, -0.15) is 0 Å².